The van der Waals surface area contributed by atoms with Gasteiger partial charge in [0.15, 0.2) is 5.82 Å². The third-order valence-corrected chi connectivity index (χ3v) is 1.75. The monoisotopic (exact) mass is 245 g/mol. The zero-order valence-corrected chi connectivity index (χ0v) is 9.20. The Balaban J connectivity index is 2.31. The van der Waals surface area contributed by atoms with Crippen LogP contribution in [0.3, 0.4) is 0 Å². The van der Waals surface area contributed by atoms with Gasteiger partial charge in [0.2, 0.25) is 11.2 Å². The van der Waals surface area contributed by atoms with E-state index >= 15 is 0 Å². The highest BCUT2D eigenvalue weighted by Gasteiger charge is 2.02. The lowest BCUT2D eigenvalue weighted by atomic mass is 10.5. The van der Waals surface area contributed by atoms with Crippen molar-refractivity contribution in [2.24, 2.45) is 5.73 Å². The van der Waals surface area contributed by atoms with Crippen LogP contribution in [0.1, 0.15) is 0 Å². The van der Waals surface area contributed by atoms with Gasteiger partial charge in [-0.1, -0.05) is 0 Å². The lowest BCUT2D eigenvalue weighted by Gasteiger charge is -2.07. The van der Waals surface area contributed by atoms with Gasteiger partial charge >= 0.3 is 0 Å². The zero-order valence-electron chi connectivity index (χ0n) is 8.44. The largest absolute Gasteiger partial charge is 0.394 e. The fourth-order valence-corrected chi connectivity index (χ4v) is 1.06. The third kappa shape index (κ3) is 4.28. The number of anilines is 2. The molecule has 0 fully saturated rings. The molecule has 16 heavy (non-hydrogen) atoms. The van der Waals surface area contributed by atoms with E-state index in [0.717, 1.165) is 0 Å². The summed E-state index contributed by atoms with van der Waals surface area (Å²) in [5.41, 5.74) is 10.9. The molecular formula is C8H12ClN5O2. The van der Waals surface area contributed by atoms with Crippen molar-refractivity contribution < 1.29 is 9.53 Å². The van der Waals surface area contributed by atoms with Gasteiger partial charge in [0.1, 0.15) is 6.61 Å². The van der Waals surface area contributed by atoms with Gasteiger partial charge in [-0.2, -0.15) is 4.98 Å². The van der Waals surface area contributed by atoms with Crippen LogP contribution < -0.4 is 16.8 Å². The summed E-state index contributed by atoms with van der Waals surface area (Å²) in [5, 5.41) is 3.00. The molecule has 0 aromatic carbocycles. The summed E-state index contributed by atoms with van der Waals surface area (Å²) < 4.78 is 4.93. The second-order valence-corrected chi connectivity index (χ2v) is 3.23. The number of nitrogens with one attached hydrogen (secondary N) is 1. The lowest BCUT2D eigenvalue weighted by molar-refractivity contribution is -0.122. The first kappa shape index (κ1) is 12.5. The number of hydrogen-bond acceptors (Lipinski definition) is 6. The molecule has 1 amide bonds. The van der Waals surface area contributed by atoms with Gasteiger partial charge < -0.3 is 21.5 Å². The number of carbonyl (C=O) groups excluding carboxylic acids is 1. The number of nitrogen functional groups attached to an aromatic ring is 1. The number of aromatic nitrogens is 2. The Morgan fingerprint density at radius 1 is 1.62 bits per heavy atom. The summed E-state index contributed by atoms with van der Waals surface area (Å²) in [6.07, 6.45) is 1.40. The van der Waals surface area contributed by atoms with E-state index in [4.69, 9.17) is 27.8 Å². The average Bonchev–Trinajstić information content (AvgIpc) is 2.22. The zero-order chi connectivity index (χ0) is 12.0. The van der Waals surface area contributed by atoms with Crippen LogP contribution in [-0.4, -0.2) is 35.6 Å². The van der Waals surface area contributed by atoms with Crippen molar-refractivity contribution in [3.8, 4) is 0 Å². The first-order valence-electron chi connectivity index (χ1n) is 4.47. The van der Waals surface area contributed by atoms with Gasteiger partial charge in [0, 0.05) is 6.54 Å². The van der Waals surface area contributed by atoms with Crippen molar-refractivity contribution in [3.05, 3.63) is 11.5 Å². The predicted octanol–water partition coefficient (Wildman–Crippen LogP) is -0.374. The minimum atomic E-state index is -0.510. The minimum Gasteiger partial charge on any atom is -0.394 e. The van der Waals surface area contributed by atoms with Crippen molar-refractivity contribution in [2.45, 2.75) is 0 Å². The Bertz CT molecular complexity index is 373. The summed E-state index contributed by atoms with van der Waals surface area (Å²) >= 11 is 5.59. The van der Waals surface area contributed by atoms with E-state index in [1.54, 1.807) is 0 Å². The summed E-state index contributed by atoms with van der Waals surface area (Å²) in [4.78, 5) is 17.9. The molecule has 7 nitrogen and oxygen atoms in total. The maximum Gasteiger partial charge on any atom is 0.243 e. The van der Waals surface area contributed by atoms with Gasteiger partial charge in [0.05, 0.1) is 18.5 Å². The van der Waals surface area contributed by atoms with Crippen LogP contribution >= 0.6 is 11.6 Å². The van der Waals surface area contributed by atoms with E-state index in [1.165, 1.54) is 6.20 Å². The molecule has 1 heterocycles. The Morgan fingerprint density at radius 2 is 2.38 bits per heavy atom. The van der Waals surface area contributed by atoms with Crippen LogP contribution in [0.15, 0.2) is 6.20 Å². The molecule has 0 unspecified atom stereocenters. The van der Waals surface area contributed by atoms with Gasteiger partial charge in [-0.15, -0.1) is 0 Å². The number of hydrogen-bond donors (Lipinski definition) is 3. The summed E-state index contributed by atoms with van der Waals surface area (Å²) in [7, 11) is 0. The normalized spacial score (nSPS) is 10.1. The predicted molar refractivity (Wildman–Crippen MR) is 60.0 cm³/mol. The molecule has 5 N–H and O–H groups in total. The van der Waals surface area contributed by atoms with E-state index in [-0.39, 0.29) is 11.9 Å². The van der Waals surface area contributed by atoms with Crippen LogP contribution in [0.5, 0.6) is 0 Å². The van der Waals surface area contributed by atoms with Crippen molar-refractivity contribution in [2.75, 3.05) is 30.8 Å². The molecule has 1 aromatic rings. The SMILES string of the molecule is NC(=O)COCCNc1nc(Cl)ncc1N. The van der Waals surface area contributed by atoms with E-state index in [1.807, 2.05) is 0 Å². The third-order valence-electron chi connectivity index (χ3n) is 1.57. The highest BCUT2D eigenvalue weighted by atomic mass is 35.5. The molecule has 0 aliphatic rings. The van der Waals surface area contributed by atoms with Crippen molar-refractivity contribution in [1.82, 2.24) is 9.97 Å². The molecule has 1 rings (SSSR count). The summed E-state index contributed by atoms with van der Waals surface area (Å²) in [6, 6.07) is 0. The Morgan fingerprint density at radius 3 is 3.06 bits per heavy atom. The molecule has 0 radical (unpaired) electrons. The number of amides is 1. The molecular weight excluding hydrogens is 234 g/mol. The van der Waals surface area contributed by atoms with Crippen LogP contribution in [0, 0.1) is 0 Å². The van der Waals surface area contributed by atoms with E-state index < -0.39 is 5.91 Å². The highest BCUT2D eigenvalue weighted by Crippen LogP contribution is 2.14. The van der Waals surface area contributed by atoms with Crippen LogP contribution in [0.4, 0.5) is 11.5 Å². The topological polar surface area (TPSA) is 116 Å². The van der Waals surface area contributed by atoms with Crippen molar-refractivity contribution in [3.63, 3.8) is 0 Å². The molecule has 0 atom stereocenters. The molecule has 0 aliphatic heterocycles. The molecule has 0 saturated carbocycles. The number of primary amides is 1. The second kappa shape index (κ2) is 6.09. The molecule has 0 spiro atoms. The fraction of sp³-hybridized carbons (Fsp3) is 0.375. The molecule has 88 valence electrons. The van der Waals surface area contributed by atoms with Crippen molar-refractivity contribution >= 4 is 29.0 Å². The van der Waals surface area contributed by atoms with Gasteiger partial charge in [-0.3, -0.25) is 4.79 Å². The highest BCUT2D eigenvalue weighted by molar-refractivity contribution is 6.28. The quantitative estimate of drug-likeness (QED) is 0.465. The van der Waals surface area contributed by atoms with E-state index in [2.05, 4.69) is 15.3 Å². The van der Waals surface area contributed by atoms with Crippen LogP contribution in [-0.2, 0) is 9.53 Å². The Hall–Kier alpha value is -1.60. The first-order chi connectivity index (χ1) is 7.59. The standard InChI is InChI=1S/C8H12ClN5O2/c9-8-13-3-5(10)7(14-8)12-1-2-16-4-6(11)15/h3H,1-2,4,10H2,(H2,11,15)(H,12,13,14). The van der Waals surface area contributed by atoms with Crippen LogP contribution in [0.2, 0.25) is 5.28 Å². The first-order valence-corrected chi connectivity index (χ1v) is 4.85. The number of carbonyl (C=O) groups is 1. The van der Waals surface area contributed by atoms with Gasteiger partial charge in [-0.25, -0.2) is 4.98 Å². The maximum atomic E-state index is 10.3. The number of halogens is 1. The fourth-order valence-electron chi connectivity index (χ4n) is 0.926. The smallest absolute Gasteiger partial charge is 0.243 e. The molecule has 0 bridgehead atoms. The number of ether oxygens (including phenoxy) is 1. The average molecular weight is 246 g/mol. The van der Waals surface area contributed by atoms with E-state index in [9.17, 15) is 4.79 Å². The summed E-state index contributed by atoms with van der Waals surface area (Å²) in [6.45, 7) is 0.635. The molecule has 1 aromatic heterocycles. The second-order valence-electron chi connectivity index (χ2n) is 2.89. The summed E-state index contributed by atoms with van der Waals surface area (Å²) in [5.74, 6) is -0.0766. The van der Waals surface area contributed by atoms with Gasteiger partial charge in [0.25, 0.3) is 0 Å². The minimum absolute atomic E-state index is 0.106. The Kier molecular flexibility index (Phi) is 4.74. The molecule has 0 aliphatic carbocycles. The number of nitrogens with zero attached hydrogens (tertiary/aromatic N) is 2. The number of rotatable bonds is 6. The van der Waals surface area contributed by atoms with Crippen molar-refractivity contribution in [1.29, 1.82) is 0 Å². The molecule has 0 saturated heterocycles. The molecule has 8 heteroatoms. The van der Waals surface area contributed by atoms with Gasteiger partial charge in [-0.05, 0) is 11.6 Å². The van der Waals surface area contributed by atoms with Crippen LogP contribution in [0.25, 0.3) is 0 Å². The number of nitrogens with two attached hydrogens (primary N) is 2. The van der Waals surface area contributed by atoms with E-state index in [0.29, 0.717) is 24.7 Å². The Labute approximate surface area is 97.1 Å². The lowest BCUT2D eigenvalue weighted by Crippen LogP contribution is -2.21. The maximum absolute atomic E-state index is 10.3.